The number of rotatable bonds is 7. The minimum absolute atomic E-state index is 0.203. The third-order valence-corrected chi connectivity index (χ3v) is 3.10. The van der Waals surface area contributed by atoms with Crippen molar-refractivity contribution in [2.75, 3.05) is 6.61 Å². The van der Waals surface area contributed by atoms with Gasteiger partial charge in [-0.05, 0) is 42.5 Å². The molecule has 3 nitrogen and oxygen atoms in total. The molecular weight excluding hydrogens is 247 g/mol. The number of ether oxygens (including phenoxy) is 1. The van der Waals surface area contributed by atoms with Crippen molar-refractivity contribution in [3.8, 4) is 5.75 Å². The molecule has 0 aliphatic rings. The Labute approximate surface area is 112 Å². The maximum Gasteiger partial charge on any atom is 0.331 e. The molecule has 1 aromatic rings. The smallest absolute Gasteiger partial charge is 0.331 e. The fourth-order valence-corrected chi connectivity index (χ4v) is 1.68. The summed E-state index contributed by atoms with van der Waals surface area (Å²) in [5.41, 5.74) is -0.257. The monoisotopic (exact) mass is 266 g/mol. The van der Waals surface area contributed by atoms with Crippen LogP contribution >= 0.6 is 0 Å². The highest BCUT2D eigenvalue weighted by Gasteiger charge is 2.26. The molecule has 0 saturated carbocycles. The molecular formula is C15H19FO3. The quantitative estimate of drug-likeness (QED) is 0.605. The third-order valence-electron chi connectivity index (χ3n) is 3.10. The van der Waals surface area contributed by atoms with Crippen LogP contribution < -0.4 is 4.74 Å². The first-order chi connectivity index (χ1) is 8.83. The van der Waals surface area contributed by atoms with Gasteiger partial charge in [-0.25, -0.2) is 9.18 Å². The van der Waals surface area contributed by atoms with E-state index in [0.29, 0.717) is 25.2 Å². The molecule has 0 radical (unpaired) electrons. The number of carbonyl (C=O) groups is 1. The molecule has 1 rings (SSSR count). The van der Waals surface area contributed by atoms with Crippen molar-refractivity contribution in [2.24, 2.45) is 5.41 Å². The number of halogens is 1. The van der Waals surface area contributed by atoms with Crippen molar-refractivity contribution in [3.05, 3.63) is 42.2 Å². The van der Waals surface area contributed by atoms with E-state index in [9.17, 15) is 9.18 Å². The number of carboxylic acids is 1. The van der Waals surface area contributed by atoms with Gasteiger partial charge in [0.15, 0.2) is 0 Å². The van der Waals surface area contributed by atoms with Crippen LogP contribution in [0.4, 0.5) is 4.39 Å². The highest BCUT2D eigenvalue weighted by atomic mass is 19.1. The fraction of sp³-hybridized carbons (Fsp3) is 0.400. The Morgan fingerprint density at radius 3 is 2.47 bits per heavy atom. The van der Waals surface area contributed by atoms with Crippen molar-refractivity contribution >= 4 is 5.97 Å². The second kappa shape index (κ2) is 6.36. The molecule has 0 spiro atoms. The second-order valence-corrected chi connectivity index (χ2v) is 5.07. The van der Waals surface area contributed by atoms with Crippen LogP contribution in [0, 0.1) is 11.2 Å². The second-order valence-electron chi connectivity index (χ2n) is 5.07. The maximum absolute atomic E-state index is 12.7. The Hall–Kier alpha value is -1.84. The molecule has 0 saturated heterocycles. The normalized spacial score (nSPS) is 11.1. The molecule has 0 amide bonds. The van der Waals surface area contributed by atoms with Crippen molar-refractivity contribution in [2.45, 2.75) is 26.7 Å². The fourth-order valence-electron chi connectivity index (χ4n) is 1.68. The van der Waals surface area contributed by atoms with E-state index in [1.807, 2.05) is 13.8 Å². The first-order valence-electron chi connectivity index (χ1n) is 6.14. The van der Waals surface area contributed by atoms with Gasteiger partial charge in [-0.2, -0.15) is 0 Å². The van der Waals surface area contributed by atoms with Gasteiger partial charge in [-0.3, -0.25) is 0 Å². The van der Waals surface area contributed by atoms with Crippen LogP contribution in [0.3, 0.4) is 0 Å². The summed E-state index contributed by atoms with van der Waals surface area (Å²) in [4.78, 5) is 10.9. The van der Waals surface area contributed by atoms with Gasteiger partial charge < -0.3 is 9.84 Å². The summed E-state index contributed by atoms with van der Waals surface area (Å²) in [6.45, 7) is 7.75. The summed E-state index contributed by atoms with van der Waals surface area (Å²) in [5, 5.41) is 8.91. The molecule has 0 fully saturated rings. The molecule has 1 N–H and O–H groups in total. The van der Waals surface area contributed by atoms with E-state index in [4.69, 9.17) is 9.84 Å². The molecule has 0 unspecified atom stereocenters. The van der Waals surface area contributed by atoms with E-state index in [0.717, 1.165) is 0 Å². The van der Waals surface area contributed by atoms with Crippen molar-refractivity contribution in [1.29, 1.82) is 0 Å². The lowest BCUT2D eigenvalue weighted by molar-refractivity contribution is -0.133. The summed E-state index contributed by atoms with van der Waals surface area (Å²) in [5.74, 6) is -0.660. The van der Waals surface area contributed by atoms with Crippen LogP contribution in [0.2, 0.25) is 0 Å². The summed E-state index contributed by atoms with van der Waals surface area (Å²) in [6.07, 6.45) is 1.37. The van der Waals surface area contributed by atoms with Crippen LogP contribution in [0.15, 0.2) is 36.4 Å². The van der Waals surface area contributed by atoms with E-state index in [-0.39, 0.29) is 11.4 Å². The van der Waals surface area contributed by atoms with Gasteiger partial charge in [0.05, 0.1) is 6.61 Å². The first kappa shape index (κ1) is 15.2. The number of benzene rings is 1. The van der Waals surface area contributed by atoms with Gasteiger partial charge in [0.25, 0.3) is 0 Å². The summed E-state index contributed by atoms with van der Waals surface area (Å²) in [7, 11) is 0. The molecule has 19 heavy (non-hydrogen) atoms. The summed E-state index contributed by atoms with van der Waals surface area (Å²) in [6, 6.07) is 5.81. The molecule has 0 bridgehead atoms. The zero-order chi connectivity index (χ0) is 14.5. The Bertz CT molecular complexity index is 449. The van der Waals surface area contributed by atoms with Crippen LogP contribution in [0.1, 0.15) is 26.7 Å². The van der Waals surface area contributed by atoms with Gasteiger partial charge in [0, 0.05) is 5.57 Å². The average Bonchev–Trinajstić information content (AvgIpc) is 2.35. The van der Waals surface area contributed by atoms with Gasteiger partial charge >= 0.3 is 5.97 Å². The predicted octanol–water partition coefficient (Wildman–Crippen LogP) is 3.65. The van der Waals surface area contributed by atoms with Crippen molar-refractivity contribution < 1.29 is 19.0 Å². The maximum atomic E-state index is 12.7. The van der Waals surface area contributed by atoms with Crippen LogP contribution in [0.25, 0.3) is 0 Å². The van der Waals surface area contributed by atoms with Crippen LogP contribution in [-0.2, 0) is 4.79 Å². The van der Waals surface area contributed by atoms with Crippen molar-refractivity contribution in [1.82, 2.24) is 0 Å². The lowest BCUT2D eigenvalue weighted by Gasteiger charge is -2.24. The van der Waals surface area contributed by atoms with E-state index < -0.39 is 11.4 Å². The largest absolute Gasteiger partial charge is 0.494 e. The molecule has 104 valence electrons. The van der Waals surface area contributed by atoms with E-state index in [1.165, 1.54) is 12.1 Å². The molecule has 0 aliphatic heterocycles. The lowest BCUT2D eigenvalue weighted by Crippen LogP contribution is -2.21. The lowest BCUT2D eigenvalue weighted by atomic mass is 9.81. The highest BCUT2D eigenvalue weighted by molar-refractivity contribution is 5.87. The Kier molecular flexibility index (Phi) is 5.10. The summed E-state index contributed by atoms with van der Waals surface area (Å²) < 4.78 is 18.1. The van der Waals surface area contributed by atoms with E-state index in [2.05, 4.69) is 6.58 Å². The Morgan fingerprint density at radius 1 is 1.37 bits per heavy atom. The number of hydrogen-bond acceptors (Lipinski definition) is 2. The Morgan fingerprint density at radius 2 is 1.95 bits per heavy atom. The SMILES string of the molecule is C=C(C(=O)O)C(C)(C)CCCOc1ccc(F)cc1. The van der Waals surface area contributed by atoms with Gasteiger partial charge in [0.2, 0.25) is 0 Å². The molecule has 1 aromatic carbocycles. The van der Waals surface area contributed by atoms with E-state index in [1.54, 1.807) is 12.1 Å². The predicted molar refractivity (Wildman–Crippen MR) is 71.7 cm³/mol. The number of carboxylic acid groups (broad SMARTS) is 1. The standard InChI is InChI=1S/C15H19FO3/c1-11(14(17)18)15(2,3)9-4-10-19-13-7-5-12(16)6-8-13/h5-8H,1,4,9-10H2,2-3H3,(H,17,18). The van der Waals surface area contributed by atoms with E-state index >= 15 is 0 Å². The van der Waals surface area contributed by atoms with Gasteiger partial charge in [0.1, 0.15) is 11.6 Å². The zero-order valence-electron chi connectivity index (χ0n) is 11.3. The van der Waals surface area contributed by atoms with Gasteiger partial charge in [-0.1, -0.05) is 20.4 Å². The van der Waals surface area contributed by atoms with Crippen molar-refractivity contribution in [3.63, 3.8) is 0 Å². The third kappa shape index (κ3) is 4.73. The molecule has 0 atom stereocenters. The minimum Gasteiger partial charge on any atom is -0.494 e. The first-order valence-corrected chi connectivity index (χ1v) is 6.14. The van der Waals surface area contributed by atoms with Crippen LogP contribution in [-0.4, -0.2) is 17.7 Å². The topological polar surface area (TPSA) is 46.5 Å². The van der Waals surface area contributed by atoms with Gasteiger partial charge in [-0.15, -0.1) is 0 Å². The Balaban J connectivity index is 2.36. The highest BCUT2D eigenvalue weighted by Crippen LogP contribution is 2.30. The molecule has 0 aromatic heterocycles. The molecule has 4 heteroatoms. The van der Waals surface area contributed by atoms with Crippen LogP contribution in [0.5, 0.6) is 5.75 Å². The molecule has 0 aliphatic carbocycles. The zero-order valence-corrected chi connectivity index (χ0v) is 11.3. The number of hydrogen-bond donors (Lipinski definition) is 1. The average molecular weight is 266 g/mol. The minimum atomic E-state index is -0.968. The summed E-state index contributed by atoms with van der Waals surface area (Å²) >= 11 is 0. The number of aliphatic carboxylic acids is 1. The molecule has 0 heterocycles.